The van der Waals surface area contributed by atoms with Crippen molar-refractivity contribution in [3.63, 3.8) is 0 Å². The molecule has 1 N–H and O–H groups in total. The Balaban J connectivity index is 2.03. The maximum atomic E-state index is 11.7. The number of hydrogen-bond donors (Lipinski definition) is 1. The lowest BCUT2D eigenvalue weighted by Gasteiger charge is -2.05. The number of hydrogen-bond acceptors (Lipinski definition) is 5. The Labute approximate surface area is 137 Å². The van der Waals surface area contributed by atoms with Crippen molar-refractivity contribution in [2.75, 3.05) is 6.61 Å². The Morgan fingerprint density at radius 2 is 2.04 bits per heavy atom. The topological polar surface area (TPSA) is 63.6 Å². The smallest absolute Gasteiger partial charge is 0.348 e. The van der Waals surface area contributed by atoms with E-state index in [-0.39, 0.29) is 17.3 Å². The van der Waals surface area contributed by atoms with Gasteiger partial charge >= 0.3 is 5.97 Å². The van der Waals surface area contributed by atoms with Crippen LogP contribution in [0.15, 0.2) is 42.5 Å². The standard InChI is InChI=1S/C18H14O4S/c1-2-22-18(21)17-8-7-16(23-17)12-3-5-13-11(9-12)4-6-15(20)14(13)10-19/h3-10,20H,2H2,1H3. The third-order valence-corrected chi connectivity index (χ3v) is 4.64. The number of phenols is 1. The number of phenolic OH excluding ortho intramolecular Hbond substituents is 1. The molecule has 0 atom stereocenters. The molecule has 0 spiro atoms. The van der Waals surface area contributed by atoms with Gasteiger partial charge in [-0.1, -0.05) is 18.2 Å². The van der Waals surface area contributed by atoms with E-state index in [9.17, 15) is 14.7 Å². The molecule has 0 aliphatic heterocycles. The van der Waals surface area contributed by atoms with Crippen molar-refractivity contribution in [1.29, 1.82) is 0 Å². The number of aldehydes is 1. The van der Waals surface area contributed by atoms with Crippen molar-refractivity contribution >= 4 is 34.4 Å². The first-order valence-electron chi connectivity index (χ1n) is 7.12. The molecule has 0 amide bonds. The first-order chi connectivity index (χ1) is 11.1. The number of carbonyl (C=O) groups excluding carboxylic acids is 2. The van der Waals surface area contributed by atoms with E-state index < -0.39 is 0 Å². The molecule has 116 valence electrons. The van der Waals surface area contributed by atoms with Crippen LogP contribution in [0.25, 0.3) is 21.2 Å². The molecule has 0 unspecified atom stereocenters. The van der Waals surface area contributed by atoms with Crippen LogP contribution in [0.4, 0.5) is 0 Å². The molecule has 2 aromatic carbocycles. The van der Waals surface area contributed by atoms with Gasteiger partial charge in [0.25, 0.3) is 0 Å². The zero-order valence-corrected chi connectivity index (χ0v) is 13.2. The summed E-state index contributed by atoms with van der Waals surface area (Å²) < 4.78 is 5.00. The summed E-state index contributed by atoms with van der Waals surface area (Å²) in [5.74, 6) is -0.348. The maximum absolute atomic E-state index is 11.7. The van der Waals surface area contributed by atoms with Crippen molar-refractivity contribution in [3.8, 4) is 16.2 Å². The number of esters is 1. The Morgan fingerprint density at radius 1 is 1.22 bits per heavy atom. The predicted molar refractivity (Wildman–Crippen MR) is 90.3 cm³/mol. The van der Waals surface area contributed by atoms with Crippen LogP contribution in [-0.4, -0.2) is 24.0 Å². The molecular formula is C18H14O4S. The van der Waals surface area contributed by atoms with Crippen molar-refractivity contribution in [3.05, 3.63) is 52.9 Å². The second-order valence-electron chi connectivity index (χ2n) is 4.94. The van der Waals surface area contributed by atoms with E-state index in [2.05, 4.69) is 0 Å². The Hall–Kier alpha value is -2.66. The van der Waals surface area contributed by atoms with Crippen LogP contribution in [0, 0.1) is 0 Å². The van der Waals surface area contributed by atoms with Crippen LogP contribution in [0.5, 0.6) is 5.75 Å². The molecule has 0 fully saturated rings. The fraction of sp³-hybridized carbons (Fsp3) is 0.111. The number of benzene rings is 2. The van der Waals surface area contributed by atoms with Crippen LogP contribution < -0.4 is 0 Å². The summed E-state index contributed by atoms with van der Waals surface area (Å²) in [6.45, 7) is 2.12. The number of thiophene rings is 1. The third kappa shape index (κ3) is 2.83. The van der Waals surface area contributed by atoms with E-state index in [0.29, 0.717) is 23.2 Å². The molecule has 1 heterocycles. The largest absolute Gasteiger partial charge is 0.507 e. The number of ether oxygens (including phenoxy) is 1. The predicted octanol–water partition coefficient (Wildman–Crippen LogP) is 4.26. The number of rotatable bonds is 4. The monoisotopic (exact) mass is 326 g/mol. The lowest BCUT2D eigenvalue weighted by Crippen LogP contribution is -2.01. The van der Waals surface area contributed by atoms with Gasteiger partial charge in [-0.3, -0.25) is 4.79 Å². The van der Waals surface area contributed by atoms with E-state index in [1.165, 1.54) is 17.4 Å². The highest BCUT2D eigenvalue weighted by atomic mass is 32.1. The van der Waals surface area contributed by atoms with Gasteiger partial charge in [-0.05, 0) is 47.5 Å². The molecule has 23 heavy (non-hydrogen) atoms. The van der Waals surface area contributed by atoms with E-state index in [1.807, 2.05) is 18.2 Å². The van der Waals surface area contributed by atoms with Gasteiger partial charge in [-0.15, -0.1) is 11.3 Å². The molecule has 5 heteroatoms. The molecule has 3 aromatic rings. The minimum absolute atomic E-state index is 0.0269. The number of carbonyl (C=O) groups is 2. The van der Waals surface area contributed by atoms with E-state index >= 15 is 0 Å². The highest BCUT2D eigenvalue weighted by molar-refractivity contribution is 7.17. The molecule has 0 aliphatic rings. The Morgan fingerprint density at radius 3 is 2.78 bits per heavy atom. The first kappa shape index (κ1) is 15.2. The van der Waals surface area contributed by atoms with Crippen LogP contribution in [-0.2, 0) is 4.74 Å². The van der Waals surface area contributed by atoms with Crippen LogP contribution in [0.2, 0.25) is 0 Å². The van der Waals surface area contributed by atoms with Gasteiger partial charge < -0.3 is 9.84 Å². The Bertz CT molecular complexity index is 895. The molecule has 0 saturated carbocycles. The average molecular weight is 326 g/mol. The fourth-order valence-electron chi connectivity index (χ4n) is 2.42. The van der Waals surface area contributed by atoms with Crippen molar-refractivity contribution < 1.29 is 19.4 Å². The maximum Gasteiger partial charge on any atom is 0.348 e. The van der Waals surface area contributed by atoms with Gasteiger partial charge in [0.1, 0.15) is 10.6 Å². The van der Waals surface area contributed by atoms with Crippen LogP contribution in [0.1, 0.15) is 27.0 Å². The summed E-state index contributed by atoms with van der Waals surface area (Å²) in [5, 5.41) is 11.3. The van der Waals surface area contributed by atoms with Crippen LogP contribution >= 0.6 is 11.3 Å². The molecule has 3 rings (SSSR count). The fourth-order valence-corrected chi connectivity index (χ4v) is 3.32. The second kappa shape index (κ2) is 6.22. The highest BCUT2D eigenvalue weighted by Gasteiger charge is 2.12. The SMILES string of the molecule is CCOC(=O)c1ccc(-c2ccc3c(C=O)c(O)ccc3c2)s1. The molecule has 0 radical (unpaired) electrons. The van der Waals surface area contributed by atoms with Gasteiger partial charge in [0.05, 0.1) is 12.2 Å². The molecular weight excluding hydrogens is 312 g/mol. The zero-order chi connectivity index (χ0) is 16.4. The molecule has 0 aliphatic carbocycles. The number of aromatic hydroxyl groups is 1. The highest BCUT2D eigenvalue weighted by Crippen LogP contribution is 2.33. The summed E-state index contributed by atoms with van der Waals surface area (Å²) in [6, 6.07) is 12.5. The van der Waals surface area contributed by atoms with Crippen molar-refractivity contribution in [2.24, 2.45) is 0 Å². The quantitative estimate of drug-likeness (QED) is 0.574. The van der Waals surface area contributed by atoms with Gasteiger partial charge in [-0.2, -0.15) is 0 Å². The Kier molecular flexibility index (Phi) is 4.12. The minimum Gasteiger partial charge on any atom is -0.507 e. The summed E-state index contributed by atoms with van der Waals surface area (Å²) >= 11 is 1.36. The molecule has 1 aromatic heterocycles. The van der Waals surface area contributed by atoms with Gasteiger partial charge in [0, 0.05) is 4.88 Å². The van der Waals surface area contributed by atoms with E-state index in [0.717, 1.165) is 15.8 Å². The summed E-state index contributed by atoms with van der Waals surface area (Å²) in [7, 11) is 0. The van der Waals surface area contributed by atoms with Crippen molar-refractivity contribution in [1.82, 2.24) is 0 Å². The number of fused-ring (bicyclic) bond motifs is 1. The minimum atomic E-state index is -0.322. The van der Waals surface area contributed by atoms with Gasteiger partial charge in [0.2, 0.25) is 0 Å². The third-order valence-electron chi connectivity index (χ3n) is 3.52. The molecule has 0 saturated heterocycles. The first-order valence-corrected chi connectivity index (χ1v) is 7.94. The molecule has 4 nitrogen and oxygen atoms in total. The summed E-state index contributed by atoms with van der Waals surface area (Å²) in [5.41, 5.74) is 1.23. The summed E-state index contributed by atoms with van der Waals surface area (Å²) in [6.07, 6.45) is 0.654. The summed E-state index contributed by atoms with van der Waals surface area (Å²) in [4.78, 5) is 24.4. The van der Waals surface area contributed by atoms with E-state index in [1.54, 1.807) is 25.1 Å². The normalized spacial score (nSPS) is 10.7. The second-order valence-corrected chi connectivity index (χ2v) is 6.02. The zero-order valence-electron chi connectivity index (χ0n) is 12.4. The van der Waals surface area contributed by atoms with Crippen molar-refractivity contribution in [2.45, 2.75) is 6.92 Å². The van der Waals surface area contributed by atoms with Gasteiger partial charge in [-0.25, -0.2) is 4.79 Å². The van der Waals surface area contributed by atoms with Crippen LogP contribution in [0.3, 0.4) is 0 Å². The lowest BCUT2D eigenvalue weighted by atomic mass is 10.0. The average Bonchev–Trinajstić information content (AvgIpc) is 3.05. The molecule has 0 bridgehead atoms. The van der Waals surface area contributed by atoms with Gasteiger partial charge in [0.15, 0.2) is 6.29 Å². The lowest BCUT2D eigenvalue weighted by molar-refractivity contribution is 0.0532. The van der Waals surface area contributed by atoms with E-state index in [4.69, 9.17) is 4.74 Å².